The predicted octanol–water partition coefficient (Wildman–Crippen LogP) is 0.976. The van der Waals surface area contributed by atoms with Crippen molar-refractivity contribution in [1.29, 1.82) is 0 Å². The van der Waals surface area contributed by atoms with Crippen LogP contribution in [0.15, 0.2) is 43.1 Å². The molecule has 1 fully saturated rings. The van der Waals surface area contributed by atoms with Crippen LogP contribution in [0.4, 0.5) is 0 Å². The molecule has 2 rings (SSSR count). The number of nitrogens with one attached hydrogen (secondary N) is 3. The molecule has 5 N–H and O–H groups in total. The molecule has 0 radical (unpaired) electrons. The maximum absolute atomic E-state index is 13.4. The van der Waals surface area contributed by atoms with Gasteiger partial charge in [0.25, 0.3) is 5.91 Å². The van der Waals surface area contributed by atoms with E-state index in [4.69, 9.17) is 4.74 Å². The van der Waals surface area contributed by atoms with Gasteiger partial charge in [-0.2, -0.15) is 0 Å². The van der Waals surface area contributed by atoms with E-state index in [2.05, 4.69) is 34.1 Å². The summed E-state index contributed by atoms with van der Waals surface area (Å²) in [6, 6.07) is -0.741. The zero-order valence-corrected chi connectivity index (χ0v) is 21.6. The number of esters is 1. The summed E-state index contributed by atoms with van der Waals surface area (Å²) in [6.45, 7) is 14.1. The lowest BCUT2D eigenvalue weighted by Gasteiger charge is -2.33. The van der Waals surface area contributed by atoms with Crippen molar-refractivity contribution in [2.45, 2.75) is 70.9 Å². The highest BCUT2D eigenvalue weighted by atomic mass is 16.5. The van der Waals surface area contributed by atoms with Crippen LogP contribution in [0.3, 0.4) is 0 Å². The standard InChI is InChI=1S/C26H36N4O7/c1-7-14(4)12-17-22(32)15(5)23(33)29-18(11-13(2)3)26(36)37-16(6)20(24(34)28-17)30-25(35)21-19(31)9-8-10-27-21/h7-10,13,15-18,20,22,31-32H,1,4,11-12H2,2-3,5-6H3,(H,28,34)(H,29,33)(H,30,35). The van der Waals surface area contributed by atoms with Gasteiger partial charge in [0.15, 0.2) is 5.69 Å². The van der Waals surface area contributed by atoms with Gasteiger partial charge in [0.2, 0.25) is 11.8 Å². The van der Waals surface area contributed by atoms with Crippen molar-refractivity contribution in [3.8, 4) is 5.75 Å². The second kappa shape index (κ2) is 13.0. The number of aliphatic hydroxyl groups is 1. The molecule has 6 unspecified atom stereocenters. The third kappa shape index (κ3) is 7.88. The van der Waals surface area contributed by atoms with E-state index in [0.29, 0.717) is 5.57 Å². The average Bonchev–Trinajstić information content (AvgIpc) is 2.84. The lowest BCUT2D eigenvalue weighted by molar-refractivity contribution is -0.156. The zero-order chi connectivity index (χ0) is 27.9. The van der Waals surface area contributed by atoms with Crippen LogP contribution in [0.5, 0.6) is 5.75 Å². The summed E-state index contributed by atoms with van der Waals surface area (Å²) in [6.07, 6.45) is 0.536. The summed E-state index contributed by atoms with van der Waals surface area (Å²) in [5, 5.41) is 28.8. The van der Waals surface area contributed by atoms with E-state index >= 15 is 0 Å². The number of aromatic hydroxyl groups is 1. The Labute approximate surface area is 216 Å². The SMILES string of the molecule is C=CC(=C)CC1NC(=O)C(NC(=O)c2ncccc2O)C(C)OC(=O)C(CC(C)C)NC(=O)C(C)C1O. The molecule has 0 bridgehead atoms. The number of rotatable bonds is 7. The smallest absolute Gasteiger partial charge is 0.328 e. The number of aromatic nitrogens is 1. The summed E-state index contributed by atoms with van der Waals surface area (Å²) < 4.78 is 5.53. The fraction of sp³-hybridized carbons (Fsp3) is 0.500. The number of aliphatic hydroxyl groups excluding tert-OH is 1. The lowest BCUT2D eigenvalue weighted by atomic mass is 9.91. The van der Waals surface area contributed by atoms with Crippen LogP contribution in [0.2, 0.25) is 0 Å². The van der Waals surface area contributed by atoms with Gasteiger partial charge >= 0.3 is 5.97 Å². The van der Waals surface area contributed by atoms with Gasteiger partial charge in [0.1, 0.15) is 23.9 Å². The molecule has 2 heterocycles. The number of carbonyl (C=O) groups excluding carboxylic acids is 4. The normalized spacial score (nSPS) is 27.1. The summed E-state index contributed by atoms with van der Waals surface area (Å²) >= 11 is 0. The van der Waals surface area contributed by atoms with Gasteiger partial charge in [-0.15, -0.1) is 0 Å². The summed E-state index contributed by atoms with van der Waals surface area (Å²) in [5.74, 6) is -4.43. The van der Waals surface area contributed by atoms with E-state index in [-0.39, 0.29) is 24.5 Å². The third-order valence-electron chi connectivity index (χ3n) is 6.09. The number of hydrogen-bond donors (Lipinski definition) is 5. The molecule has 202 valence electrons. The maximum atomic E-state index is 13.4. The second-order valence-corrected chi connectivity index (χ2v) is 9.62. The Morgan fingerprint density at radius 1 is 1.24 bits per heavy atom. The number of amides is 3. The zero-order valence-electron chi connectivity index (χ0n) is 21.6. The van der Waals surface area contributed by atoms with Gasteiger partial charge in [0, 0.05) is 6.20 Å². The summed E-state index contributed by atoms with van der Waals surface area (Å²) in [7, 11) is 0. The van der Waals surface area contributed by atoms with Crippen LogP contribution >= 0.6 is 0 Å². The van der Waals surface area contributed by atoms with Gasteiger partial charge in [0.05, 0.1) is 18.1 Å². The Bertz CT molecular complexity index is 1040. The fourth-order valence-corrected chi connectivity index (χ4v) is 3.90. The van der Waals surface area contributed by atoms with Gasteiger partial charge in [-0.05, 0) is 37.8 Å². The molecule has 1 saturated heterocycles. The molecule has 0 aliphatic carbocycles. The molecular formula is C26H36N4O7. The molecule has 37 heavy (non-hydrogen) atoms. The number of cyclic esters (lactones) is 1. The highest BCUT2D eigenvalue weighted by molar-refractivity contribution is 5.98. The average molecular weight is 517 g/mol. The molecule has 1 aliphatic heterocycles. The number of pyridine rings is 1. The number of nitrogens with zero attached hydrogens (tertiary/aromatic N) is 1. The van der Waals surface area contributed by atoms with Crippen LogP contribution in [0.25, 0.3) is 0 Å². The van der Waals surface area contributed by atoms with E-state index in [1.54, 1.807) is 0 Å². The Balaban J connectivity index is 2.48. The van der Waals surface area contributed by atoms with Crippen LogP contribution in [-0.4, -0.2) is 69.2 Å². The Morgan fingerprint density at radius 2 is 1.92 bits per heavy atom. The van der Waals surface area contributed by atoms with Gasteiger partial charge < -0.3 is 30.9 Å². The molecule has 11 nitrogen and oxygen atoms in total. The van der Waals surface area contributed by atoms with Crippen molar-refractivity contribution in [1.82, 2.24) is 20.9 Å². The monoisotopic (exact) mass is 516 g/mol. The topological polar surface area (TPSA) is 167 Å². The van der Waals surface area contributed by atoms with E-state index in [9.17, 15) is 29.4 Å². The molecule has 1 aromatic heterocycles. The Hall–Kier alpha value is -3.73. The molecule has 0 aromatic carbocycles. The number of hydrogen-bond acceptors (Lipinski definition) is 8. The van der Waals surface area contributed by atoms with Crippen molar-refractivity contribution in [2.24, 2.45) is 11.8 Å². The fourth-order valence-electron chi connectivity index (χ4n) is 3.90. The van der Waals surface area contributed by atoms with E-state index in [1.807, 2.05) is 13.8 Å². The highest BCUT2D eigenvalue weighted by Crippen LogP contribution is 2.19. The number of allylic oxidation sites excluding steroid dienone is 1. The molecule has 1 aromatic rings. The summed E-state index contributed by atoms with van der Waals surface area (Å²) in [5.41, 5.74) is 0.176. The van der Waals surface area contributed by atoms with Crippen molar-refractivity contribution >= 4 is 23.7 Å². The van der Waals surface area contributed by atoms with Crippen molar-refractivity contribution < 1.29 is 34.1 Å². The minimum absolute atomic E-state index is 0.0101. The first-order valence-electron chi connectivity index (χ1n) is 12.1. The van der Waals surface area contributed by atoms with Crippen LogP contribution in [-0.2, 0) is 19.1 Å². The Morgan fingerprint density at radius 3 is 2.51 bits per heavy atom. The van der Waals surface area contributed by atoms with E-state index < -0.39 is 65.7 Å². The minimum atomic E-state index is -1.42. The first-order chi connectivity index (χ1) is 17.3. The van der Waals surface area contributed by atoms with Crippen LogP contribution < -0.4 is 16.0 Å². The molecular weight excluding hydrogens is 480 g/mol. The molecule has 11 heteroatoms. The minimum Gasteiger partial charge on any atom is -0.505 e. The molecule has 0 spiro atoms. The van der Waals surface area contributed by atoms with Crippen LogP contribution in [0.1, 0.15) is 51.0 Å². The highest BCUT2D eigenvalue weighted by Gasteiger charge is 2.39. The van der Waals surface area contributed by atoms with Crippen LogP contribution in [0, 0.1) is 11.8 Å². The molecule has 1 aliphatic rings. The van der Waals surface area contributed by atoms with E-state index in [1.165, 1.54) is 38.3 Å². The predicted molar refractivity (Wildman–Crippen MR) is 135 cm³/mol. The van der Waals surface area contributed by atoms with Gasteiger partial charge in [-0.1, -0.05) is 45.6 Å². The van der Waals surface area contributed by atoms with Gasteiger partial charge in [-0.3, -0.25) is 14.4 Å². The maximum Gasteiger partial charge on any atom is 0.328 e. The second-order valence-electron chi connectivity index (χ2n) is 9.62. The number of carbonyl (C=O) groups is 4. The molecule has 6 atom stereocenters. The lowest BCUT2D eigenvalue weighted by Crippen LogP contribution is -2.60. The largest absolute Gasteiger partial charge is 0.505 e. The first kappa shape index (κ1) is 29.5. The first-order valence-corrected chi connectivity index (χ1v) is 12.1. The van der Waals surface area contributed by atoms with Gasteiger partial charge in [-0.25, -0.2) is 9.78 Å². The third-order valence-corrected chi connectivity index (χ3v) is 6.09. The Kier molecular flexibility index (Phi) is 10.4. The van der Waals surface area contributed by atoms with Crippen molar-refractivity contribution in [3.05, 3.63) is 48.8 Å². The summed E-state index contributed by atoms with van der Waals surface area (Å²) in [4.78, 5) is 56.0. The molecule has 3 amide bonds. The van der Waals surface area contributed by atoms with Crippen molar-refractivity contribution in [3.63, 3.8) is 0 Å². The molecule has 0 saturated carbocycles. The number of ether oxygens (including phenoxy) is 1. The quantitative estimate of drug-likeness (QED) is 0.264. The van der Waals surface area contributed by atoms with Crippen molar-refractivity contribution in [2.75, 3.05) is 0 Å². The van der Waals surface area contributed by atoms with E-state index in [0.717, 1.165) is 0 Å².